The molecule has 182 valence electrons. The van der Waals surface area contributed by atoms with Crippen molar-refractivity contribution in [2.24, 2.45) is 0 Å². The topological polar surface area (TPSA) is 30.0 Å². The van der Waals surface area contributed by atoms with Crippen LogP contribution in [0.5, 0.6) is 0 Å². The van der Waals surface area contributed by atoms with E-state index in [9.17, 15) is 9.18 Å². The zero-order valence-corrected chi connectivity index (χ0v) is 21.7. The van der Waals surface area contributed by atoms with Crippen LogP contribution in [0.4, 0.5) is 9.18 Å². The lowest BCUT2D eigenvalue weighted by molar-refractivity contribution is 0.0900. The van der Waals surface area contributed by atoms with E-state index in [0.29, 0.717) is 12.0 Å². The molecule has 3 aliphatic rings. The van der Waals surface area contributed by atoms with E-state index in [1.165, 1.54) is 16.7 Å². The van der Waals surface area contributed by atoms with Gasteiger partial charge in [0.25, 0.3) is 0 Å². The van der Waals surface area contributed by atoms with Crippen molar-refractivity contribution in [2.75, 3.05) is 52.4 Å². The van der Waals surface area contributed by atoms with E-state index >= 15 is 0 Å². The van der Waals surface area contributed by atoms with Gasteiger partial charge in [-0.1, -0.05) is 34.1 Å². The third-order valence-electron chi connectivity index (χ3n) is 7.80. The number of piperazine rings is 1. The fourth-order valence-electron chi connectivity index (χ4n) is 5.83. The molecule has 0 spiro atoms. The van der Waals surface area contributed by atoms with Gasteiger partial charge in [0.2, 0.25) is 0 Å². The van der Waals surface area contributed by atoms with E-state index in [1.54, 1.807) is 12.1 Å². The van der Waals surface area contributed by atoms with Crippen LogP contribution in [-0.4, -0.2) is 84.0 Å². The maximum absolute atomic E-state index is 13.5. The van der Waals surface area contributed by atoms with Crippen molar-refractivity contribution in [2.45, 2.75) is 38.3 Å². The summed E-state index contributed by atoms with van der Waals surface area (Å²) in [7, 11) is 0. The Morgan fingerprint density at radius 1 is 0.941 bits per heavy atom. The summed E-state index contributed by atoms with van der Waals surface area (Å²) in [4.78, 5) is 21.6. The molecule has 2 heterocycles. The summed E-state index contributed by atoms with van der Waals surface area (Å²) >= 11 is 3.65. The zero-order chi connectivity index (χ0) is 23.8. The summed E-state index contributed by atoms with van der Waals surface area (Å²) in [5, 5.41) is 0. The fourth-order valence-corrected chi connectivity index (χ4v) is 6.21. The Bertz CT molecular complexity index is 1020. The van der Waals surface area contributed by atoms with Crippen LogP contribution in [-0.2, 0) is 0 Å². The van der Waals surface area contributed by atoms with Gasteiger partial charge in [-0.3, -0.25) is 9.80 Å². The predicted molar refractivity (Wildman–Crippen MR) is 137 cm³/mol. The quantitative estimate of drug-likeness (QED) is 0.532. The summed E-state index contributed by atoms with van der Waals surface area (Å²) in [6, 6.07) is 14.5. The number of urea groups is 1. The summed E-state index contributed by atoms with van der Waals surface area (Å²) < 4.78 is 14.6. The van der Waals surface area contributed by atoms with Gasteiger partial charge in [0, 0.05) is 74.8 Å². The van der Waals surface area contributed by atoms with Crippen LogP contribution in [0.15, 0.2) is 46.9 Å². The first-order valence-electron chi connectivity index (χ1n) is 12.5. The average Bonchev–Trinajstić information content (AvgIpc) is 3.39. The summed E-state index contributed by atoms with van der Waals surface area (Å²) in [6.45, 7) is 11.7. The van der Waals surface area contributed by atoms with Crippen molar-refractivity contribution >= 4 is 22.0 Å². The first kappa shape index (κ1) is 23.8. The third kappa shape index (κ3) is 4.75. The van der Waals surface area contributed by atoms with Gasteiger partial charge in [-0.25, -0.2) is 9.18 Å². The zero-order valence-electron chi connectivity index (χ0n) is 20.1. The third-order valence-corrected chi connectivity index (χ3v) is 8.29. The lowest BCUT2D eigenvalue weighted by Crippen LogP contribution is -2.49. The number of benzene rings is 2. The molecule has 2 unspecified atom stereocenters. The minimum atomic E-state index is -0.184. The number of halogens is 2. The number of rotatable bonds is 6. The highest BCUT2D eigenvalue weighted by Crippen LogP contribution is 2.47. The van der Waals surface area contributed by atoms with Crippen LogP contribution < -0.4 is 0 Å². The minimum absolute atomic E-state index is 0.184. The lowest BCUT2D eigenvalue weighted by Gasteiger charge is -2.39. The van der Waals surface area contributed by atoms with Crippen molar-refractivity contribution in [3.63, 3.8) is 0 Å². The second-order valence-corrected chi connectivity index (χ2v) is 11.0. The molecule has 1 aliphatic carbocycles. The second kappa shape index (κ2) is 9.96. The van der Waals surface area contributed by atoms with Gasteiger partial charge in [0.15, 0.2) is 0 Å². The van der Waals surface area contributed by atoms with Crippen molar-refractivity contribution < 1.29 is 9.18 Å². The van der Waals surface area contributed by atoms with Crippen molar-refractivity contribution in [3.05, 3.63) is 69.4 Å². The molecule has 2 aromatic rings. The number of nitrogens with zero attached hydrogens (tertiary/aromatic N) is 4. The van der Waals surface area contributed by atoms with Crippen LogP contribution in [0.1, 0.15) is 48.9 Å². The molecule has 7 heteroatoms. The van der Waals surface area contributed by atoms with E-state index in [-0.39, 0.29) is 17.9 Å². The highest BCUT2D eigenvalue weighted by atomic mass is 79.9. The van der Waals surface area contributed by atoms with Gasteiger partial charge in [-0.15, -0.1) is 0 Å². The van der Waals surface area contributed by atoms with Gasteiger partial charge >= 0.3 is 6.03 Å². The maximum atomic E-state index is 13.5. The highest BCUT2D eigenvalue weighted by Gasteiger charge is 2.37. The first-order chi connectivity index (χ1) is 16.4. The Labute approximate surface area is 210 Å². The number of fused-ring (bicyclic) bond motifs is 1. The molecule has 2 aliphatic heterocycles. The number of hydrogen-bond donors (Lipinski definition) is 0. The number of carbonyl (C=O) groups is 1. The standard InChI is InChI=1S/C27H34BrFN4O/c1-19(2)33-16-15-32(27(33)34)14-11-30-9-12-31(13-10-30)26-18-24(20-3-6-22(29)7-4-20)25-17-21(28)5-8-23(25)26/h3-8,17,19,24,26H,9-16,18H2,1-2H3. The molecule has 0 bridgehead atoms. The van der Waals surface area contributed by atoms with E-state index in [2.05, 4.69) is 57.8 Å². The molecular formula is C27H34BrFN4O. The molecular weight excluding hydrogens is 495 g/mol. The van der Waals surface area contributed by atoms with Gasteiger partial charge in [0.05, 0.1) is 0 Å². The van der Waals surface area contributed by atoms with Gasteiger partial charge < -0.3 is 9.80 Å². The fraction of sp³-hybridized carbons (Fsp3) is 0.519. The molecule has 0 saturated carbocycles. The van der Waals surface area contributed by atoms with Crippen molar-refractivity contribution in [3.8, 4) is 0 Å². The monoisotopic (exact) mass is 528 g/mol. The van der Waals surface area contributed by atoms with E-state index in [1.807, 2.05) is 21.9 Å². The minimum Gasteiger partial charge on any atom is -0.322 e. The SMILES string of the molecule is CC(C)N1CCN(CCN2CCN(C3CC(c4ccc(F)cc4)c4cc(Br)ccc43)CC2)C1=O. The molecule has 2 amide bonds. The van der Waals surface area contributed by atoms with Crippen LogP contribution in [0.2, 0.25) is 0 Å². The Morgan fingerprint density at radius 3 is 2.35 bits per heavy atom. The smallest absolute Gasteiger partial charge is 0.320 e. The first-order valence-corrected chi connectivity index (χ1v) is 13.3. The van der Waals surface area contributed by atoms with E-state index in [4.69, 9.17) is 0 Å². The Balaban J connectivity index is 1.20. The maximum Gasteiger partial charge on any atom is 0.320 e. The van der Waals surface area contributed by atoms with Crippen LogP contribution >= 0.6 is 15.9 Å². The Morgan fingerprint density at radius 2 is 1.68 bits per heavy atom. The molecule has 5 rings (SSSR count). The molecule has 0 aromatic heterocycles. The molecule has 0 radical (unpaired) electrons. The molecule has 2 atom stereocenters. The van der Waals surface area contributed by atoms with E-state index < -0.39 is 0 Å². The number of amides is 2. The van der Waals surface area contributed by atoms with Crippen LogP contribution in [0.3, 0.4) is 0 Å². The highest BCUT2D eigenvalue weighted by molar-refractivity contribution is 9.10. The average molecular weight is 529 g/mol. The van der Waals surface area contributed by atoms with Crippen molar-refractivity contribution in [1.82, 2.24) is 19.6 Å². The molecule has 2 aromatic carbocycles. The Hall–Kier alpha value is -1.96. The van der Waals surface area contributed by atoms with Gasteiger partial charge in [-0.2, -0.15) is 0 Å². The molecule has 0 N–H and O–H groups in total. The predicted octanol–water partition coefficient (Wildman–Crippen LogP) is 4.93. The van der Waals surface area contributed by atoms with Crippen LogP contribution in [0, 0.1) is 5.82 Å². The van der Waals surface area contributed by atoms with E-state index in [0.717, 1.165) is 63.3 Å². The molecule has 34 heavy (non-hydrogen) atoms. The summed E-state index contributed by atoms with van der Waals surface area (Å²) in [5.74, 6) is 0.109. The number of carbonyl (C=O) groups excluding carboxylic acids is 1. The summed E-state index contributed by atoms with van der Waals surface area (Å²) in [5.41, 5.74) is 3.95. The molecule has 2 fully saturated rings. The summed E-state index contributed by atoms with van der Waals surface area (Å²) in [6.07, 6.45) is 1.03. The largest absolute Gasteiger partial charge is 0.322 e. The number of hydrogen-bond acceptors (Lipinski definition) is 3. The molecule has 5 nitrogen and oxygen atoms in total. The Kier molecular flexibility index (Phi) is 6.96. The second-order valence-electron chi connectivity index (χ2n) is 10.1. The van der Waals surface area contributed by atoms with Crippen molar-refractivity contribution in [1.29, 1.82) is 0 Å². The van der Waals surface area contributed by atoms with Gasteiger partial charge in [-0.05, 0) is 61.2 Å². The van der Waals surface area contributed by atoms with Gasteiger partial charge in [0.1, 0.15) is 5.82 Å². The van der Waals surface area contributed by atoms with Crippen LogP contribution in [0.25, 0.3) is 0 Å². The normalized spacial score (nSPS) is 23.9. The lowest BCUT2D eigenvalue weighted by atomic mass is 9.93. The molecule has 2 saturated heterocycles.